The lowest BCUT2D eigenvalue weighted by Crippen LogP contribution is -2.48. The van der Waals surface area contributed by atoms with Crippen molar-refractivity contribution >= 4 is 28.7 Å². The Morgan fingerprint density at radius 2 is 2.12 bits per heavy atom. The summed E-state index contributed by atoms with van der Waals surface area (Å²) in [7, 11) is 1.60. The van der Waals surface area contributed by atoms with Gasteiger partial charge in [-0.2, -0.15) is 0 Å². The number of nitrogens with one attached hydrogen (secondary N) is 2. The highest BCUT2D eigenvalue weighted by molar-refractivity contribution is 6.32. The van der Waals surface area contributed by atoms with Gasteiger partial charge in [-0.15, -0.1) is 0 Å². The van der Waals surface area contributed by atoms with Crippen molar-refractivity contribution in [2.24, 2.45) is 0 Å². The third-order valence-corrected chi connectivity index (χ3v) is 6.31. The molecule has 0 amide bonds. The monoisotopic (exact) mass is 472 g/mol. The number of fused-ring (bicyclic) bond motifs is 1. The molecule has 2 unspecified atom stereocenters. The van der Waals surface area contributed by atoms with Crippen LogP contribution in [0, 0.1) is 11.6 Å². The van der Waals surface area contributed by atoms with Crippen LogP contribution >= 0.6 is 11.6 Å². The second-order valence-corrected chi connectivity index (χ2v) is 8.61. The summed E-state index contributed by atoms with van der Waals surface area (Å²) in [5.41, 5.74) is 2.85. The second-order valence-electron chi connectivity index (χ2n) is 8.20. The smallest absolute Gasteiger partial charge is 0.213 e. The Morgan fingerprint density at radius 1 is 1.24 bits per heavy atom. The largest absolute Gasteiger partial charge is 0.481 e. The Hall–Kier alpha value is -2.61. The van der Waals surface area contributed by atoms with Crippen LogP contribution in [0.15, 0.2) is 42.6 Å². The fraction of sp³-hybridized carbons (Fsp3) is 0.360. The SMILES string of the molecule is COc1ccc2ncc(Cl)c(CCC3CCC(NC/C=C/c4cc(F)ccc4F)CN3)c2n1. The minimum Gasteiger partial charge on any atom is -0.481 e. The molecule has 1 aliphatic heterocycles. The molecule has 0 aliphatic carbocycles. The number of benzene rings is 1. The Balaban J connectivity index is 1.26. The normalized spacial score (nSPS) is 18.8. The molecule has 1 aromatic carbocycles. The van der Waals surface area contributed by atoms with Gasteiger partial charge in [0.25, 0.3) is 0 Å². The summed E-state index contributed by atoms with van der Waals surface area (Å²) in [6, 6.07) is 7.88. The van der Waals surface area contributed by atoms with Crippen LogP contribution in [-0.4, -0.2) is 42.3 Å². The van der Waals surface area contributed by atoms with Crippen molar-refractivity contribution < 1.29 is 13.5 Å². The van der Waals surface area contributed by atoms with Gasteiger partial charge in [-0.1, -0.05) is 23.8 Å². The molecule has 3 aromatic rings. The number of hydrogen-bond acceptors (Lipinski definition) is 5. The summed E-state index contributed by atoms with van der Waals surface area (Å²) in [6.45, 7) is 1.45. The lowest BCUT2D eigenvalue weighted by molar-refractivity contribution is 0.321. The van der Waals surface area contributed by atoms with Gasteiger partial charge < -0.3 is 15.4 Å². The lowest BCUT2D eigenvalue weighted by atomic mass is 9.95. The number of hydrogen-bond donors (Lipinski definition) is 2. The van der Waals surface area contributed by atoms with Crippen LogP contribution in [0.5, 0.6) is 5.88 Å². The molecule has 8 heteroatoms. The van der Waals surface area contributed by atoms with Crippen LogP contribution < -0.4 is 15.4 Å². The average molecular weight is 473 g/mol. The fourth-order valence-corrected chi connectivity index (χ4v) is 4.38. The van der Waals surface area contributed by atoms with Crippen molar-refractivity contribution in [3.8, 4) is 5.88 Å². The number of aryl methyl sites for hydroxylation is 1. The number of ether oxygens (including phenoxy) is 1. The van der Waals surface area contributed by atoms with E-state index in [-0.39, 0.29) is 5.56 Å². The number of rotatable bonds is 8. The standard InChI is InChI=1S/C25H27ClF2N4O/c1-33-24-11-10-23-25(32-24)20(21(26)15-31-23)8-7-18-5-6-19(14-30-18)29-12-2-3-16-13-17(27)4-9-22(16)28/h2-4,9-11,13,15,18-19,29-30H,5-8,12,14H2,1H3/b3-2+. The highest BCUT2D eigenvalue weighted by atomic mass is 35.5. The summed E-state index contributed by atoms with van der Waals surface area (Å²) in [4.78, 5) is 8.92. The molecule has 1 fully saturated rings. The molecule has 5 nitrogen and oxygen atoms in total. The van der Waals surface area contributed by atoms with Crippen molar-refractivity contribution in [1.82, 2.24) is 20.6 Å². The molecular weight excluding hydrogens is 446 g/mol. The van der Waals surface area contributed by atoms with E-state index in [0.29, 0.717) is 29.5 Å². The van der Waals surface area contributed by atoms with E-state index in [1.54, 1.807) is 25.4 Å². The predicted octanol–water partition coefficient (Wildman–Crippen LogP) is 4.93. The highest BCUT2D eigenvalue weighted by Crippen LogP contribution is 2.27. The van der Waals surface area contributed by atoms with Gasteiger partial charge in [-0.05, 0) is 49.9 Å². The molecule has 3 heterocycles. The van der Waals surface area contributed by atoms with Gasteiger partial charge in [0.15, 0.2) is 0 Å². The van der Waals surface area contributed by atoms with Gasteiger partial charge in [-0.3, -0.25) is 4.98 Å². The van der Waals surface area contributed by atoms with Gasteiger partial charge in [0.05, 0.1) is 23.2 Å². The highest BCUT2D eigenvalue weighted by Gasteiger charge is 2.21. The van der Waals surface area contributed by atoms with Crippen LogP contribution in [0.25, 0.3) is 17.1 Å². The maximum atomic E-state index is 13.7. The third kappa shape index (κ3) is 6.05. The van der Waals surface area contributed by atoms with Crippen molar-refractivity contribution in [2.45, 2.75) is 37.8 Å². The van der Waals surface area contributed by atoms with E-state index in [4.69, 9.17) is 16.3 Å². The zero-order valence-electron chi connectivity index (χ0n) is 18.5. The summed E-state index contributed by atoms with van der Waals surface area (Å²) >= 11 is 6.45. The fourth-order valence-electron chi connectivity index (χ4n) is 4.15. The molecule has 0 saturated carbocycles. The van der Waals surface area contributed by atoms with Crippen molar-refractivity contribution in [3.63, 3.8) is 0 Å². The third-order valence-electron chi connectivity index (χ3n) is 5.99. The molecule has 0 radical (unpaired) electrons. The summed E-state index contributed by atoms with van der Waals surface area (Å²) in [5, 5.41) is 7.68. The molecule has 1 aliphatic rings. The van der Waals surface area contributed by atoms with Gasteiger partial charge in [0.2, 0.25) is 5.88 Å². The van der Waals surface area contributed by atoms with Gasteiger partial charge >= 0.3 is 0 Å². The molecule has 0 spiro atoms. The molecule has 2 N–H and O–H groups in total. The minimum atomic E-state index is -0.442. The first kappa shape index (κ1) is 23.5. The van der Waals surface area contributed by atoms with E-state index in [1.807, 2.05) is 12.1 Å². The molecule has 2 aromatic heterocycles. The van der Waals surface area contributed by atoms with E-state index in [0.717, 1.165) is 61.0 Å². The average Bonchev–Trinajstić information content (AvgIpc) is 2.83. The Morgan fingerprint density at radius 3 is 2.91 bits per heavy atom. The first-order valence-corrected chi connectivity index (χ1v) is 11.5. The quantitative estimate of drug-likeness (QED) is 0.487. The Labute approximate surface area is 197 Å². The van der Waals surface area contributed by atoms with Crippen LogP contribution in [0.2, 0.25) is 5.02 Å². The van der Waals surface area contributed by atoms with Crippen molar-refractivity contribution in [2.75, 3.05) is 20.2 Å². The lowest BCUT2D eigenvalue weighted by Gasteiger charge is -2.30. The number of halogens is 3. The summed E-state index contributed by atoms with van der Waals surface area (Å²) in [6.07, 6.45) is 8.94. The van der Waals surface area contributed by atoms with Crippen LogP contribution in [-0.2, 0) is 6.42 Å². The van der Waals surface area contributed by atoms with E-state index in [2.05, 4.69) is 20.6 Å². The number of nitrogens with zero attached hydrogens (tertiary/aromatic N) is 2. The molecule has 33 heavy (non-hydrogen) atoms. The number of methoxy groups -OCH3 is 1. The maximum absolute atomic E-state index is 13.7. The van der Waals surface area contributed by atoms with Crippen LogP contribution in [0.4, 0.5) is 8.78 Å². The van der Waals surface area contributed by atoms with Crippen LogP contribution in [0.1, 0.15) is 30.4 Å². The Kier molecular flexibility index (Phi) is 7.85. The Bertz CT molecular complexity index is 1130. The van der Waals surface area contributed by atoms with E-state index in [1.165, 1.54) is 6.07 Å². The molecular formula is C25H27ClF2N4O. The number of piperidine rings is 1. The van der Waals surface area contributed by atoms with E-state index in [9.17, 15) is 8.78 Å². The molecule has 4 rings (SSSR count). The zero-order chi connectivity index (χ0) is 23.2. The van der Waals surface area contributed by atoms with Gasteiger partial charge in [0.1, 0.15) is 11.6 Å². The van der Waals surface area contributed by atoms with E-state index < -0.39 is 11.6 Å². The van der Waals surface area contributed by atoms with Crippen molar-refractivity contribution in [1.29, 1.82) is 0 Å². The summed E-state index contributed by atoms with van der Waals surface area (Å²) in [5.74, 6) is -0.320. The molecule has 1 saturated heterocycles. The van der Waals surface area contributed by atoms with Crippen molar-refractivity contribution in [3.05, 3.63) is 70.4 Å². The van der Waals surface area contributed by atoms with Gasteiger partial charge in [-0.25, -0.2) is 13.8 Å². The van der Waals surface area contributed by atoms with Crippen LogP contribution in [0.3, 0.4) is 0 Å². The first-order chi connectivity index (χ1) is 16.0. The zero-order valence-corrected chi connectivity index (χ0v) is 19.2. The molecule has 2 atom stereocenters. The molecule has 0 bridgehead atoms. The number of aromatic nitrogens is 2. The van der Waals surface area contributed by atoms with Gasteiger partial charge in [0, 0.05) is 48.6 Å². The summed E-state index contributed by atoms with van der Waals surface area (Å²) < 4.78 is 32.2. The predicted molar refractivity (Wildman–Crippen MR) is 128 cm³/mol. The molecule has 174 valence electrons. The first-order valence-electron chi connectivity index (χ1n) is 11.1. The number of pyridine rings is 2. The van der Waals surface area contributed by atoms with E-state index >= 15 is 0 Å². The second kappa shape index (κ2) is 11.0. The topological polar surface area (TPSA) is 59.1 Å². The maximum Gasteiger partial charge on any atom is 0.213 e. The minimum absolute atomic E-state index is 0.257.